The monoisotopic (exact) mass is 204 g/mol. The minimum atomic E-state index is 1.02. The van der Waals surface area contributed by atoms with Crippen LogP contribution < -0.4 is 0 Å². The molecule has 0 radical (unpaired) electrons. The first-order valence-electron chi connectivity index (χ1n) is 5.52. The van der Waals surface area contributed by atoms with Crippen LogP contribution in [-0.2, 0) is 6.42 Å². The zero-order valence-corrected chi connectivity index (χ0v) is 9.90. The molecule has 82 valence electrons. The van der Waals surface area contributed by atoms with Crippen molar-refractivity contribution in [3.63, 3.8) is 0 Å². The lowest BCUT2D eigenvalue weighted by Crippen LogP contribution is -2.06. The number of hydrogen-bond donors (Lipinski definition) is 0. The molecule has 0 spiro atoms. The summed E-state index contributed by atoms with van der Waals surface area (Å²) in [5.74, 6) is 0. The van der Waals surface area contributed by atoms with Crippen molar-refractivity contribution in [2.24, 2.45) is 4.99 Å². The summed E-state index contributed by atoms with van der Waals surface area (Å²) in [5.41, 5.74) is 2.42. The molecule has 0 atom stereocenters. The molecule has 0 amide bonds. The number of aliphatic imine (C=N–C) groups is 1. The van der Waals surface area contributed by atoms with E-state index < -0.39 is 0 Å². The smallest absolute Gasteiger partial charge is 0.0907 e. The summed E-state index contributed by atoms with van der Waals surface area (Å²) in [6.07, 6.45) is 5.51. The normalized spacial score (nSPS) is 10.9. The summed E-state index contributed by atoms with van der Waals surface area (Å²) in [4.78, 5) is 6.26. The summed E-state index contributed by atoms with van der Waals surface area (Å²) < 4.78 is 0. The van der Waals surface area contributed by atoms with Crippen molar-refractivity contribution in [2.45, 2.75) is 26.2 Å². The number of benzene rings is 1. The van der Waals surface area contributed by atoms with Crippen molar-refractivity contribution < 1.29 is 0 Å². The SMILES string of the molecule is CCCCc1ccc(N=CN(C)C)cc1. The van der Waals surface area contributed by atoms with E-state index in [4.69, 9.17) is 0 Å². The van der Waals surface area contributed by atoms with Crippen LogP contribution in [0.25, 0.3) is 0 Å². The summed E-state index contributed by atoms with van der Waals surface area (Å²) in [5, 5.41) is 0. The second-order valence-electron chi connectivity index (χ2n) is 3.98. The van der Waals surface area contributed by atoms with Gasteiger partial charge < -0.3 is 4.90 Å². The maximum Gasteiger partial charge on any atom is 0.0907 e. The van der Waals surface area contributed by atoms with Crippen molar-refractivity contribution in [2.75, 3.05) is 14.1 Å². The standard InChI is InChI=1S/C13H20N2/c1-4-5-6-12-7-9-13(10-8-12)14-11-15(2)3/h7-11H,4-6H2,1-3H3. The first-order chi connectivity index (χ1) is 7.22. The van der Waals surface area contributed by atoms with Gasteiger partial charge >= 0.3 is 0 Å². The van der Waals surface area contributed by atoms with Gasteiger partial charge in [0, 0.05) is 14.1 Å². The Morgan fingerprint density at radius 1 is 1.20 bits per heavy atom. The van der Waals surface area contributed by atoms with Crippen LogP contribution in [-0.4, -0.2) is 25.3 Å². The second-order valence-corrected chi connectivity index (χ2v) is 3.98. The van der Waals surface area contributed by atoms with Crippen molar-refractivity contribution in [3.8, 4) is 0 Å². The minimum Gasteiger partial charge on any atom is -0.369 e. The van der Waals surface area contributed by atoms with E-state index in [2.05, 4.69) is 36.2 Å². The topological polar surface area (TPSA) is 15.6 Å². The largest absolute Gasteiger partial charge is 0.369 e. The quantitative estimate of drug-likeness (QED) is 0.531. The molecule has 0 aromatic heterocycles. The Labute approximate surface area is 92.6 Å². The average molecular weight is 204 g/mol. The number of nitrogens with zero attached hydrogens (tertiary/aromatic N) is 2. The molecule has 15 heavy (non-hydrogen) atoms. The third-order valence-electron chi connectivity index (χ3n) is 2.19. The van der Waals surface area contributed by atoms with Gasteiger partial charge in [0.05, 0.1) is 12.0 Å². The van der Waals surface area contributed by atoms with Crippen LogP contribution in [0.15, 0.2) is 29.3 Å². The van der Waals surface area contributed by atoms with Gasteiger partial charge in [0.2, 0.25) is 0 Å². The van der Waals surface area contributed by atoms with E-state index in [9.17, 15) is 0 Å². The van der Waals surface area contributed by atoms with E-state index in [1.807, 2.05) is 25.3 Å². The van der Waals surface area contributed by atoms with E-state index in [1.165, 1.54) is 24.8 Å². The maximum absolute atomic E-state index is 4.33. The van der Waals surface area contributed by atoms with Gasteiger partial charge in [-0.15, -0.1) is 0 Å². The maximum atomic E-state index is 4.33. The molecule has 0 bridgehead atoms. The van der Waals surface area contributed by atoms with E-state index in [0.29, 0.717) is 0 Å². The molecular weight excluding hydrogens is 184 g/mol. The molecule has 0 saturated heterocycles. The van der Waals surface area contributed by atoms with Crippen molar-refractivity contribution >= 4 is 12.0 Å². The lowest BCUT2D eigenvalue weighted by molar-refractivity contribution is 0.643. The molecule has 1 aromatic rings. The predicted octanol–water partition coefficient (Wildman–Crippen LogP) is 3.25. The minimum absolute atomic E-state index is 1.02. The Balaban J connectivity index is 2.56. The summed E-state index contributed by atoms with van der Waals surface area (Å²) in [7, 11) is 3.94. The van der Waals surface area contributed by atoms with Crippen LogP contribution in [0.5, 0.6) is 0 Å². The molecule has 0 heterocycles. The second kappa shape index (κ2) is 6.23. The van der Waals surface area contributed by atoms with Crippen LogP contribution in [0.4, 0.5) is 5.69 Å². The third kappa shape index (κ3) is 4.63. The Bertz CT molecular complexity index is 299. The van der Waals surface area contributed by atoms with Gasteiger partial charge in [-0.2, -0.15) is 0 Å². The predicted molar refractivity (Wildman–Crippen MR) is 66.9 cm³/mol. The van der Waals surface area contributed by atoms with Crippen LogP contribution in [0.1, 0.15) is 25.3 Å². The summed E-state index contributed by atoms with van der Waals surface area (Å²) >= 11 is 0. The summed E-state index contributed by atoms with van der Waals surface area (Å²) in [6.45, 7) is 2.22. The molecule has 2 nitrogen and oxygen atoms in total. The van der Waals surface area contributed by atoms with Crippen molar-refractivity contribution in [1.82, 2.24) is 4.90 Å². The zero-order chi connectivity index (χ0) is 11.1. The van der Waals surface area contributed by atoms with Gasteiger partial charge in [0.1, 0.15) is 0 Å². The highest BCUT2D eigenvalue weighted by Gasteiger charge is 1.92. The van der Waals surface area contributed by atoms with Gasteiger partial charge in [-0.25, -0.2) is 4.99 Å². The Hall–Kier alpha value is -1.31. The molecule has 2 heteroatoms. The molecule has 0 aliphatic carbocycles. The van der Waals surface area contributed by atoms with E-state index in [-0.39, 0.29) is 0 Å². The fraction of sp³-hybridized carbons (Fsp3) is 0.462. The van der Waals surface area contributed by atoms with Crippen LogP contribution in [0.2, 0.25) is 0 Å². The molecule has 0 unspecified atom stereocenters. The molecule has 0 fully saturated rings. The van der Waals surface area contributed by atoms with E-state index in [0.717, 1.165) is 5.69 Å². The first kappa shape index (κ1) is 11.8. The Morgan fingerprint density at radius 3 is 2.40 bits per heavy atom. The number of unbranched alkanes of at least 4 members (excludes halogenated alkanes) is 1. The highest BCUT2D eigenvalue weighted by molar-refractivity contribution is 5.60. The van der Waals surface area contributed by atoms with Crippen LogP contribution in [0.3, 0.4) is 0 Å². The van der Waals surface area contributed by atoms with E-state index in [1.54, 1.807) is 0 Å². The number of rotatable bonds is 5. The average Bonchev–Trinajstić information content (AvgIpc) is 2.25. The number of hydrogen-bond acceptors (Lipinski definition) is 1. The molecule has 0 aliphatic heterocycles. The van der Waals surface area contributed by atoms with Gasteiger partial charge in [0.15, 0.2) is 0 Å². The molecule has 1 rings (SSSR count). The van der Waals surface area contributed by atoms with Crippen molar-refractivity contribution in [1.29, 1.82) is 0 Å². The van der Waals surface area contributed by atoms with Gasteiger partial charge in [-0.3, -0.25) is 0 Å². The molecule has 1 aromatic carbocycles. The first-order valence-corrected chi connectivity index (χ1v) is 5.52. The Morgan fingerprint density at radius 2 is 1.87 bits per heavy atom. The highest BCUT2D eigenvalue weighted by Crippen LogP contribution is 2.14. The van der Waals surface area contributed by atoms with Crippen LogP contribution >= 0.6 is 0 Å². The highest BCUT2D eigenvalue weighted by atomic mass is 15.1. The van der Waals surface area contributed by atoms with Crippen LogP contribution in [0, 0.1) is 0 Å². The van der Waals surface area contributed by atoms with E-state index >= 15 is 0 Å². The fourth-order valence-corrected chi connectivity index (χ4v) is 1.31. The third-order valence-corrected chi connectivity index (χ3v) is 2.19. The zero-order valence-electron chi connectivity index (χ0n) is 9.90. The number of aryl methyl sites for hydroxylation is 1. The van der Waals surface area contributed by atoms with Crippen molar-refractivity contribution in [3.05, 3.63) is 29.8 Å². The van der Waals surface area contributed by atoms with Gasteiger partial charge in [0.25, 0.3) is 0 Å². The lowest BCUT2D eigenvalue weighted by atomic mass is 10.1. The molecule has 0 aliphatic rings. The molecule has 0 N–H and O–H groups in total. The Kier molecular flexibility index (Phi) is 4.88. The molecular formula is C13H20N2. The molecule has 0 saturated carbocycles. The van der Waals surface area contributed by atoms with Gasteiger partial charge in [-0.1, -0.05) is 25.5 Å². The van der Waals surface area contributed by atoms with Gasteiger partial charge in [-0.05, 0) is 30.5 Å². The lowest BCUT2D eigenvalue weighted by Gasteiger charge is -2.03. The summed E-state index contributed by atoms with van der Waals surface area (Å²) in [6, 6.07) is 8.48. The fourth-order valence-electron chi connectivity index (χ4n) is 1.31.